The van der Waals surface area contributed by atoms with Gasteiger partial charge in [-0.3, -0.25) is 9.80 Å². The number of ether oxygens (including phenoxy) is 1. The fourth-order valence-corrected chi connectivity index (χ4v) is 7.55. The van der Waals surface area contributed by atoms with Gasteiger partial charge in [0.25, 0.3) is 0 Å². The van der Waals surface area contributed by atoms with Crippen molar-refractivity contribution >= 4 is 28.1 Å². The van der Waals surface area contributed by atoms with Crippen molar-refractivity contribution in [2.75, 3.05) is 44.7 Å². The molecule has 2 aromatic carbocycles. The molecule has 7 rings (SSSR count). The molecule has 3 aromatic rings. The minimum atomic E-state index is 0.321. The van der Waals surface area contributed by atoms with Crippen LogP contribution in [-0.2, 0) is 13.0 Å². The molecule has 0 radical (unpaired) electrons. The number of likely N-dealkylation sites (tertiary alicyclic amines) is 2. The molecule has 2 bridgehead atoms. The van der Waals surface area contributed by atoms with E-state index in [9.17, 15) is 5.26 Å². The third-order valence-corrected chi connectivity index (χ3v) is 9.68. The number of benzene rings is 2. The molecule has 4 atom stereocenters. The first-order valence-corrected chi connectivity index (χ1v) is 14.6. The standard InChI is InChI=1S/C31H35ClN6O/c1-36-17-24(38-15-22-8-9-23(16-38)35-22)12-25(36)19-39-31-26(13-33)27-18-37(11-10-21(27)14-34-31)29-7-3-5-20-4-2-6-28(32)30(20)29/h2-7,14,22-25,35H,8-12,15-19H2,1H3/t22?,23?,24?,25-/m0/s1. The highest BCUT2D eigenvalue weighted by Crippen LogP contribution is 2.37. The molecule has 1 aromatic heterocycles. The summed E-state index contributed by atoms with van der Waals surface area (Å²) < 4.78 is 6.32. The van der Waals surface area contributed by atoms with Crippen LogP contribution in [0.2, 0.25) is 5.02 Å². The van der Waals surface area contributed by atoms with E-state index in [0.717, 1.165) is 71.6 Å². The second kappa shape index (κ2) is 10.3. The Bertz CT molecular complexity index is 1420. The number of rotatable bonds is 5. The molecule has 0 aliphatic carbocycles. The number of piperazine rings is 1. The molecule has 3 saturated heterocycles. The van der Waals surface area contributed by atoms with E-state index in [1.54, 1.807) is 0 Å². The smallest absolute Gasteiger partial charge is 0.232 e. The molecule has 0 saturated carbocycles. The van der Waals surface area contributed by atoms with Gasteiger partial charge in [0.1, 0.15) is 18.2 Å². The van der Waals surface area contributed by atoms with Crippen LogP contribution >= 0.6 is 11.6 Å². The summed E-state index contributed by atoms with van der Waals surface area (Å²) >= 11 is 6.64. The minimum Gasteiger partial charge on any atom is -0.475 e. The van der Waals surface area contributed by atoms with Crippen LogP contribution in [0.3, 0.4) is 0 Å². The first kappa shape index (κ1) is 25.1. The van der Waals surface area contributed by atoms with Gasteiger partial charge in [0.15, 0.2) is 0 Å². The number of fused-ring (bicyclic) bond motifs is 4. The van der Waals surface area contributed by atoms with E-state index in [0.29, 0.717) is 48.8 Å². The van der Waals surface area contributed by atoms with Crippen LogP contribution in [0.5, 0.6) is 5.88 Å². The maximum absolute atomic E-state index is 10.2. The largest absolute Gasteiger partial charge is 0.475 e. The van der Waals surface area contributed by atoms with E-state index >= 15 is 0 Å². The molecule has 4 aliphatic heterocycles. The fourth-order valence-electron chi connectivity index (χ4n) is 7.27. The highest BCUT2D eigenvalue weighted by molar-refractivity contribution is 6.36. The zero-order valence-corrected chi connectivity index (χ0v) is 23.2. The predicted octanol–water partition coefficient (Wildman–Crippen LogP) is 4.21. The summed E-state index contributed by atoms with van der Waals surface area (Å²) in [6, 6.07) is 17.0. The number of anilines is 1. The molecule has 3 fully saturated rings. The Kier molecular flexibility index (Phi) is 6.60. The molecule has 3 unspecified atom stereocenters. The lowest BCUT2D eigenvalue weighted by Gasteiger charge is -2.36. The molecule has 4 aliphatic rings. The van der Waals surface area contributed by atoms with Gasteiger partial charge in [-0.2, -0.15) is 5.26 Å². The maximum atomic E-state index is 10.2. The molecular weight excluding hydrogens is 508 g/mol. The molecular formula is C31H35ClN6O. The van der Waals surface area contributed by atoms with E-state index < -0.39 is 0 Å². The van der Waals surface area contributed by atoms with Crippen LogP contribution in [0.1, 0.15) is 36.0 Å². The van der Waals surface area contributed by atoms with Gasteiger partial charge < -0.3 is 15.0 Å². The van der Waals surface area contributed by atoms with Crippen LogP contribution in [0, 0.1) is 11.3 Å². The van der Waals surface area contributed by atoms with Gasteiger partial charge in [0.2, 0.25) is 5.88 Å². The van der Waals surface area contributed by atoms with Crippen molar-refractivity contribution in [2.24, 2.45) is 0 Å². The molecule has 0 amide bonds. The molecule has 39 heavy (non-hydrogen) atoms. The van der Waals surface area contributed by atoms with E-state index in [2.05, 4.69) is 62.4 Å². The fraction of sp³-hybridized carbons (Fsp3) is 0.484. The highest BCUT2D eigenvalue weighted by atomic mass is 35.5. The van der Waals surface area contributed by atoms with Crippen LogP contribution in [0.15, 0.2) is 42.6 Å². The van der Waals surface area contributed by atoms with Crippen molar-refractivity contribution in [1.29, 1.82) is 5.26 Å². The zero-order chi connectivity index (χ0) is 26.5. The van der Waals surface area contributed by atoms with Crippen molar-refractivity contribution in [1.82, 2.24) is 20.1 Å². The average Bonchev–Trinajstić information content (AvgIpc) is 3.51. The van der Waals surface area contributed by atoms with E-state index in [1.807, 2.05) is 18.3 Å². The van der Waals surface area contributed by atoms with Crippen molar-refractivity contribution in [3.8, 4) is 11.9 Å². The van der Waals surface area contributed by atoms with Crippen LogP contribution < -0.4 is 15.0 Å². The summed E-state index contributed by atoms with van der Waals surface area (Å²) in [6.45, 7) is 5.43. The van der Waals surface area contributed by atoms with Crippen LogP contribution in [-0.4, -0.2) is 78.8 Å². The number of hydrogen-bond acceptors (Lipinski definition) is 7. The predicted molar refractivity (Wildman–Crippen MR) is 155 cm³/mol. The highest BCUT2D eigenvalue weighted by Gasteiger charge is 2.40. The number of nitriles is 1. The van der Waals surface area contributed by atoms with Gasteiger partial charge >= 0.3 is 0 Å². The Morgan fingerprint density at radius 3 is 2.72 bits per heavy atom. The number of nitrogens with zero attached hydrogens (tertiary/aromatic N) is 5. The summed E-state index contributed by atoms with van der Waals surface area (Å²) in [5, 5.41) is 16.9. The number of hydrogen-bond donors (Lipinski definition) is 1. The van der Waals surface area contributed by atoms with Gasteiger partial charge in [-0.05, 0) is 61.4 Å². The van der Waals surface area contributed by atoms with Gasteiger partial charge in [-0.1, -0.05) is 35.9 Å². The third-order valence-electron chi connectivity index (χ3n) is 9.37. The number of likely N-dealkylation sites (N-methyl/N-ethyl adjacent to an activating group) is 1. The number of nitrogens with one attached hydrogen (secondary N) is 1. The van der Waals surface area contributed by atoms with E-state index in [1.165, 1.54) is 12.8 Å². The number of halogens is 1. The van der Waals surface area contributed by atoms with Crippen LogP contribution in [0.25, 0.3) is 10.8 Å². The topological polar surface area (TPSA) is 67.7 Å². The lowest BCUT2D eigenvalue weighted by Crippen LogP contribution is -2.54. The molecule has 8 heteroatoms. The first-order chi connectivity index (χ1) is 19.1. The Balaban J connectivity index is 1.08. The Labute approximate surface area is 235 Å². The number of aromatic nitrogens is 1. The molecule has 5 heterocycles. The maximum Gasteiger partial charge on any atom is 0.232 e. The number of pyridine rings is 1. The van der Waals surface area contributed by atoms with Gasteiger partial charge in [0.05, 0.1) is 5.02 Å². The van der Waals surface area contributed by atoms with Gasteiger partial charge in [-0.15, -0.1) is 0 Å². The Morgan fingerprint density at radius 1 is 1.13 bits per heavy atom. The minimum absolute atomic E-state index is 0.321. The lowest BCUT2D eigenvalue weighted by molar-refractivity contribution is 0.142. The normalized spacial score (nSPS) is 27.1. The summed E-state index contributed by atoms with van der Waals surface area (Å²) in [5.74, 6) is 0.464. The SMILES string of the molecule is CN1CC(N2CC3CCC(C2)N3)C[C@H]1COc1ncc2c(c1C#N)CN(c1cccc3cccc(Cl)c13)CC2. The van der Waals surface area contributed by atoms with Crippen molar-refractivity contribution in [3.05, 3.63) is 64.3 Å². The summed E-state index contributed by atoms with van der Waals surface area (Å²) in [7, 11) is 2.20. The van der Waals surface area contributed by atoms with Crippen molar-refractivity contribution in [2.45, 2.75) is 56.4 Å². The monoisotopic (exact) mass is 542 g/mol. The summed E-state index contributed by atoms with van der Waals surface area (Å²) in [4.78, 5) is 12.1. The van der Waals surface area contributed by atoms with E-state index in [-0.39, 0.29) is 0 Å². The summed E-state index contributed by atoms with van der Waals surface area (Å²) in [6.07, 6.45) is 6.46. The second-order valence-electron chi connectivity index (χ2n) is 11.7. The Hall–Kier alpha value is -2.89. The Morgan fingerprint density at radius 2 is 1.92 bits per heavy atom. The van der Waals surface area contributed by atoms with Crippen LogP contribution in [0.4, 0.5) is 5.69 Å². The average molecular weight is 543 g/mol. The first-order valence-electron chi connectivity index (χ1n) is 14.2. The van der Waals surface area contributed by atoms with Gasteiger partial charge in [0, 0.05) is 74.2 Å². The lowest BCUT2D eigenvalue weighted by atomic mass is 9.96. The molecule has 202 valence electrons. The molecule has 7 nitrogen and oxygen atoms in total. The summed E-state index contributed by atoms with van der Waals surface area (Å²) in [5.41, 5.74) is 3.82. The molecule has 1 N–H and O–H groups in total. The molecule has 0 spiro atoms. The van der Waals surface area contributed by atoms with E-state index in [4.69, 9.17) is 16.3 Å². The third kappa shape index (κ3) is 4.64. The second-order valence-corrected chi connectivity index (χ2v) is 12.1. The van der Waals surface area contributed by atoms with Crippen molar-refractivity contribution in [3.63, 3.8) is 0 Å². The van der Waals surface area contributed by atoms with Gasteiger partial charge in [-0.25, -0.2) is 4.98 Å². The zero-order valence-electron chi connectivity index (χ0n) is 22.4. The van der Waals surface area contributed by atoms with Crippen molar-refractivity contribution < 1.29 is 4.74 Å². The quantitative estimate of drug-likeness (QED) is 0.518.